The summed E-state index contributed by atoms with van der Waals surface area (Å²) < 4.78 is 0. The molecule has 1 rings (SSSR count). The van der Waals surface area contributed by atoms with Gasteiger partial charge in [0.2, 0.25) is 0 Å². The maximum absolute atomic E-state index is 6.73. The number of nitrogens with two attached hydrogens (primary N) is 1. The largest absolute Gasteiger partial charge is 0.321 e. The summed E-state index contributed by atoms with van der Waals surface area (Å²) in [6.07, 6.45) is 2.24. The topological polar surface area (TPSA) is 26.0 Å². The van der Waals surface area contributed by atoms with E-state index in [4.69, 9.17) is 5.73 Å². The van der Waals surface area contributed by atoms with Gasteiger partial charge in [-0.3, -0.25) is 0 Å². The Kier molecular flexibility index (Phi) is 4.55. The van der Waals surface area contributed by atoms with E-state index in [0.29, 0.717) is 11.8 Å². The molecule has 90 valence electrons. The maximum atomic E-state index is 6.73. The molecule has 0 aliphatic heterocycles. The molecule has 1 nitrogen and oxygen atoms in total. The first-order chi connectivity index (χ1) is 7.57. The SMILES string of the molecule is CCC(C)C(N)(c1ccccc1)C(C)CC. The van der Waals surface area contributed by atoms with E-state index in [0.717, 1.165) is 12.8 Å². The second-order valence-electron chi connectivity index (χ2n) is 4.92. The molecule has 0 radical (unpaired) electrons. The third-order valence-electron chi connectivity index (χ3n) is 4.13. The molecule has 0 saturated carbocycles. The van der Waals surface area contributed by atoms with E-state index >= 15 is 0 Å². The second-order valence-corrected chi connectivity index (χ2v) is 4.92. The van der Waals surface area contributed by atoms with E-state index in [1.54, 1.807) is 0 Å². The van der Waals surface area contributed by atoms with Gasteiger partial charge in [-0.1, -0.05) is 70.9 Å². The molecule has 0 aliphatic carbocycles. The van der Waals surface area contributed by atoms with Crippen LogP contribution in [0.4, 0.5) is 0 Å². The highest BCUT2D eigenvalue weighted by atomic mass is 14.8. The highest BCUT2D eigenvalue weighted by Gasteiger charge is 2.37. The van der Waals surface area contributed by atoms with E-state index in [1.807, 2.05) is 0 Å². The van der Waals surface area contributed by atoms with Crippen LogP contribution in [0, 0.1) is 11.8 Å². The van der Waals surface area contributed by atoms with Gasteiger partial charge in [-0.2, -0.15) is 0 Å². The fourth-order valence-corrected chi connectivity index (χ4v) is 2.46. The van der Waals surface area contributed by atoms with Crippen LogP contribution in [0.2, 0.25) is 0 Å². The van der Waals surface area contributed by atoms with Gasteiger partial charge in [0.05, 0.1) is 0 Å². The molecule has 1 aromatic carbocycles. The number of benzene rings is 1. The summed E-state index contributed by atoms with van der Waals surface area (Å²) in [4.78, 5) is 0. The van der Waals surface area contributed by atoms with Gasteiger partial charge < -0.3 is 5.73 Å². The van der Waals surface area contributed by atoms with Gasteiger partial charge in [-0.05, 0) is 17.4 Å². The molecular formula is C15H25N. The molecule has 0 fully saturated rings. The molecule has 0 spiro atoms. The number of rotatable bonds is 5. The van der Waals surface area contributed by atoms with Gasteiger partial charge in [0.25, 0.3) is 0 Å². The summed E-state index contributed by atoms with van der Waals surface area (Å²) >= 11 is 0. The minimum Gasteiger partial charge on any atom is -0.321 e. The Labute approximate surface area is 100 Å². The standard InChI is InChI=1S/C15H25N/c1-5-12(3)15(16,13(4)6-2)14-10-8-7-9-11-14/h7-13H,5-6,16H2,1-4H3. The van der Waals surface area contributed by atoms with Crippen molar-refractivity contribution in [1.29, 1.82) is 0 Å². The summed E-state index contributed by atoms with van der Waals surface area (Å²) in [6.45, 7) is 8.97. The maximum Gasteiger partial charge on any atom is 0.0461 e. The average Bonchev–Trinajstić information content (AvgIpc) is 2.36. The molecule has 1 heteroatoms. The Morgan fingerprint density at radius 2 is 1.44 bits per heavy atom. The van der Waals surface area contributed by atoms with E-state index in [1.165, 1.54) is 5.56 Å². The summed E-state index contributed by atoms with van der Waals surface area (Å²) in [5.41, 5.74) is 7.81. The Morgan fingerprint density at radius 3 is 1.81 bits per heavy atom. The van der Waals surface area contributed by atoms with Gasteiger partial charge in [-0.15, -0.1) is 0 Å². The van der Waals surface area contributed by atoms with Crippen LogP contribution in [0.15, 0.2) is 30.3 Å². The molecule has 0 heterocycles. The third-order valence-corrected chi connectivity index (χ3v) is 4.13. The van der Waals surface area contributed by atoms with Crippen molar-refractivity contribution in [3.05, 3.63) is 35.9 Å². The molecule has 0 aliphatic rings. The molecule has 0 amide bonds. The monoisotopic (exact) mass is 219 g/mol. The van der Waals surface area contributed by atoms with E-state index < -0.39 is 0 Å². The van der Waals surface area contributed by atoms with Crippen molar-refractivity contribution in [3.8, 4) is 0 Å². The summed E-state index contributed by atoms with van der Waals surface area (Å²) in [5.74, 6) is 1.01. The molecule has 0 saturated heterocycles. The summed E-state index contributed by atoms with van der Waals surface area (Å²) in [5, 5.41) is 0. The minimum atomic E-state index is -0.190. The zero-order chi connectivity index (χ0) is 12.2. The van der Waals surface area contributed by atoms with Gasteiger partial charge in [0, 0.05) is 5.54 Å². The van der Waals surface area contributed by atoms with Crippen LogP contribution in [0.25, 0.3) is 0 Å². The molecule has 2 N–H and O–H groups in total. The van der Waals surface area contributed by atoms with Crippen molar-refractivity contribution in [2.24, 2.45) is 17.6 Å². The molecule has 16 heavy (non-hydrogen) atoms. The lowest BCUT2D eigenvalue weighted by Crippen LogP contribution is -2.48. The third kappa shape index (κ3) is 2.30. The average molecular weight is 219 g/mol. The first-order valence-electron chi connectivity index (χ1n) is 6.41. The fourth-order valence-electron chi connectivity index (χ4n) is 2.46. The highest BCUT2D eigenvalue weighted by Crippen LogP contribution is 2.37. The second kappa shape index (κ2) is 5.49. The van der Waals surface area contributed by atoms with Crippen LogP contribution in [0.3, 0.4) is 0 Å². The molecule has 0 bridgehead atoms. The van der Waals surface area contributed by atoms with Gasteiger partial charge in [0.15, 0.2) is 0 Å². The van der Waals surface area contributed by atoms with Gasteiger partial charge in [-0.25, -0.2) is 0 Å². The lowest BCUT2D eigenvalue weighted by molar-refractivity contribution is 0.188. The van der Waals surface area contributed by atoms with Crippen LogP contribution in [-0.4, -0.2) is 0 Å². The molecule has 1 aromatic rings. The zero-order valence-electron chi connectivity index (χ0n) is 11.0. The Hall–Kier alpha value is -0.820. The highest BCUT2D eigenvalue weighted by molar-refractivity contribution is 5.25. The lowest BCUT2D eigenvalue weighted by Gasteiger charge is -2.41. The lowest BCUT2D eigenvalue weighted by atomic mass is 9.69. The van der Waals surface area contributed by atoms with Crippen molar-refractivity contribution < 1.29 is 0 Å². The predicted octanol–water partition coefficient (Wildman–Crippen LogP) is 3.93. The molecule has 2 unspecified atom stereocenters. The number of hydrogen-bond acceptors (Lipinski definition) is 1. The summed E-state index contributed by atoms with van der Waals surface area (Å²) in [6, 6.07) is 10.6. The quantitative estimate of drug-likeness (QED) is 0.797. The fraction of sp³-hybridized carbons (Fsp3) is 0.600. The van der Waals surface area contributed by atoms with Crippen LogP contribution >= 0.6 is 0 Å². The van der Waals surface area contributed by atoms with Crippen molar-refractivity contribution in [2.75, 3.05) is 0 Å². The van der Waals surface area contributed by atoms with Gasteiger partial charge in [0.1, 0.15) is 0 Å². The predicted molar refractivity (Wildman–Crippen MR) is 71.2 cm³/mol. The van der Waals surface area contributed by atoms with E-state index in [2.05, 4.69) is 58.0 Å². The van der Waals surface area contributed by atoms with E-state index in [-0.39, 0.29) is 5.54 Å². The van der Waals surface area contributed by atoms with Gasteiger partial charge >= 0.3 is 0 Å². The van der Waals surface area contributed by atoms with Crippen LogP contribution in [0.5, 0.6) is 0 Å². The first kappa shape index (κ1) is 13.2. The minimum absolute atomic E-state index is 0.190. The molecular weight excluding hydrogens is 194 g/mol. The van der Waals surface area contributed by atoms with Crippen LogP contribution in [0.1, 0.15) is 46.1 Å². The molecule has 2 atom stereocenters. The Morgan fingerprint density at radius 1 is 1.00 bits per heavy atom. The van der Waals surface area contributed by atoms with Crippen LogP contribution < -0.4 is 5.73 Å². The van der Waals surface area contributed by atoms with Crippen molar-refractivity contribution in [1.82, 2.24) is 0 Å². The Bertz CT molecular complexity index is 294. The normalized spacial score (nSPS) is 18.8. The number of hydrogen-bond donors (Lipinski definition) is 1. The zero-order valence-corrected chi connectivity index (χ0v) is 11.0. The van der Waals surface area contributed by atoms with Crippen molar-refractivity contribution >= 4 is 0 Å². The first-order valence-corrected chi connectivity index (χ1v) is 6.41. The van der Waals surface area contributed by atoms with Crippen molar-refractivity contribution in [3.63, 3.8) is 0 Å². The van der Waals surface area contributed by atoms with Crippen molar-refractivity contribution in [2.45, 2.75) is 46.1 Å². The molecule has 0 aromatic heterocycles. The summed E-state index contributed by atoms with van der Waals surface area (Å²) in [7, 11) is 0. The Balaban J connectivity index is 3.14. The smallest absolute Gasteiger partial charge is 0.0461 e. The van der Waals surface area contributed by atoms with E-state index in [9.17, 15) is 0 Å². The van der Waals surface area contributed by atoms with Crippen LogP contribution in [-0.2, 0) is 5.54 Å².